The maximum Gasteiger partial charge on any atom is 0.277 e. The number of nitrogens with zero attached hydrogens (tertiary/aromatic N) is 6. The number of imidazole rings is 1. The highest BCUT2D eigenvalue weighted by Gasteiger charge is 2.29. The van der Waals surface area contributed by atoms with E-state index < -0.39 is 12.0 Å². The number of hydrogen-bond acceptors (Lipinski definition) is 10. The number of halogens is 1. The Morgan fingerprint density at radius 1 is 1.25 bits per heavy atom. The molecule has 0 radical (unpaired) electrons. The molecule has 48 heavy (non-hydrogen) atoms. The highest BCUT2D eigenvalue weighted by Crippen LogP contribution is 2.24. The average molecular weight is 682 g/mol. The van der Waals surface area contributed by atoms with Gasteiger partial charge in [-0.15, -0.1) is 0 Å². The van der Waals surface area contributed by atoms with E-state index in [4.69, 9.17) is 26.8 Å². The smallest absolute Gasteiger partial charge is 0.277 e. The molecule has 4 heterocycles. The van der Waals surface area contributed by atoms with Crippen molar-refractivity contribution in [3.05, 3.63) is 64.6 Å². The van der Waals surface area contributed by atoms with Crippen LogP contribution in [0.4, 0.5) is 5.82 Å². The Hall–Kier alpha value is -4.53. The number of hydrogen-bond donors (Lipinski definition) is 4. The highest BCUT2D eigenvalue weighted by molar-refractivity contribution is 6.29. The van der Waals surface area contributed by atoms with Gasteiger partial charge >= 0.3 is 0 Å². The number of benzene rings is 1. The quantitative estimate of drug-likeness (QED) is 0.153. The molecule has 1 saturated heterocycles. The number of nitrogens with two attached hydrogens (primary N) is 1. The summed E-state index contributed by atoms with van der Waals surface area (Å²) in [5, 5.41) is 23.4. The molecule has 0 spiro atoms. The van der Waals surface area contributed by atoms with Gasteiger partial charge in [0.25, 0.3) is 17.6 Å². The van der Waals surface area contributed by atoms with Gasteiger partial charge < -0.3 is 35.6 Å². The number of nitrogens with one attached hydrogen (secondary N) is 1. The molecule has 4 aromatic rings. The SMILES string of the molecule is CCn1c(CNC(=O)c2nc(Cl)cnc2N)[n+](CC2CCOCC2)c2ccc(OCC(=O)N(Cc3nc(C)ccc3O)C[C@H](C)O)cc21. The lowest BCUT2D eigenvalue weighted by Crippen LogP contribution is -2.44. The third-order valence-electron chi connectivity index (χ3n) is 8.27. The van der Waals surface area contributed by atoms with Crippen molar-refractivity contribution < 1.29 is 33.8 Å². The average Bonchev–Trinajstić information content (AvgIpc) is 3.36. The van der Waals surface area contributed by atoms with Crippen LogP contribution in [0.3, 0.4) is 0 Å². The number of carbonyl (C=O) groups excluding carboxylic acids is 2. The van der Waals surface area contributed by atoms with Gasteiger partial charge in [0.15, 0.2) is 29.2 Å². The van der Waals surface area contributed by atoms with Crippen LogP contribution in [0.5, 0.6) is 11.5 Å². The summed E-state index contributed by atoms with van der Waals surface area (Å²) < 4.78 is 15.9. The van der Waals surface area contributed by atoms with Crippen molar-refractivity contribution in [2.24, 2.45) is 5.92 Å². The summed E-state index contributed by atoms with van der Waals surface area (Å²) in [6, 6.07) is 8.86. The molecular weight excluding hydrogens is 640 g/mol. The number of nitrogen functional groups attached to an aromatic ring is 1. The standard InChI is InChI=1S/C33H41ClN8O6/c1-4-41-26-13-23(48-19-30(45)40(16-21(3)43)18-24-27(44)8-5-20(2)38-24)6-7-25(26)42(17-22-9-11-47-12-10-22)29(41)15-37-33(46)31-32(35)36-14-28(34)39-31/h5-8,13-14,21-22,43H,4,9-12,15-19H2,1-3H3,(H3-,35,36,37,44,46)/p+1/t21-/m0/s1. The van der Waals surface area contributed by atoms with Crippen LogP contribution in [0.15, 0.2) is 36.5 Å². The molecule has 1 fully saturated rings. The zero-order valence-electron chi connectivity index (χ0n) is 27.4. The molecule has 0 saturated carbocycles. The summed E-state index contributed by atoms with van der Waals surface area (Å²) in [6.07, 6.45) is 2.34. The summed E-state index contributed by atoms with van der Waals surface area (Å²) in [5.74, 6) is 0.825. The Morgan fingerprint density at radius 2 is 2.02 bits per heavy atom. The molecule has 5 N–H and O–H groups in total. The maximum atomic E-state index is 13.3. The molecule has 2 amide bonds. The monoisotopic (exact) mass is 681 g/mol. The largest absolute Gasteiger partial charge is 0.506 e. The minimum atomic E-state index is -0.794. The fraction of sp³-hybridized carbons (Fsp3) is 0.455. The van der Waals surface area contributed by atoms with Crippen molar-refractivity contribution in [3.63, 3.8) is 0 Å². The lowest BCUT2D eigenvalue weighted by molar-refractivity contribution is -0.687. The Labute approximate surface area is 283 Å². The van der Waals surface area contributed by atoms with Crippen molar-refractivity contribution in [1.82, 2.24) is 29.7 Å². The summed E-state index contributed by atoms with van der Waals surface area (Å²) >= 11 is 5.97. The van der Waals surface area contributed by atoms with Crippen LogP contribution in [0.25, 0.3) is 11.0 Å². The third kappa shape index (κ3) is 8.30. The molecule has 0 aliphatic carbocycles. The number of aliphatic hydroxyl groups is 1. The number of carbonyl (C=O) groups is 2. The number of anilines is 1. The van der Waals surface area contributed by atoms with Gasteiger partial charge in [0, 0.05) is 37.4 Å². The normalized spacial score (nSPS) is 14.2. The van der Waals surface area contributed by atoms with E-state index in [1.807, 2.05) is 25.1 Å². The van der Waals surface area contributed by atoms with E-state index in [0.29, 0.717) is 42.8 Å². The number of aliphatic hydroxyl groups excluding tert-OH is 1. The molecule has 14 nitrogen and oxygen atoms in total. The van der Waals surface area contributed by atoms with Gasteiger partial charge in [-0.1, -0.05) is 11.6 Å². The lowest BCUT2D eigenvalue weighted by Gasteiger charge is -2.24. The molecule has 15 heteroatoms. The Bertz CT molecular complexity index is 1770. The van der Waals surface area contributed by atoms with Gasteiger partial charge in [0.05, 0.1) is 31.9 Å². The van der Waals surface area contributed by atoms with E-state index in [2.05, 4.69) is 29.4 Å². The second-order valence-electron chi connectivity index (χ2n) is 11.9. The molecule has 256 valence electrons. The van der Waals surface area contributed by atoms with Gasteiger partial charge in [0.2, 0.25) is 0 Å². The number of amides is 2. The Morgan fingerprint density at radius 3 is 2.75 bits per heavy atom. The van der Waals surface area contributed by atoms with Gasteiger partial charge in [-0.2, -0.15) is 0 Å². The highest BCUT2D eigenvalue weighted by atomic mass is 35.5. The fourth-order valence-electron chi connectivity index (χ4n) is 5.89. The molecular formula is C33H42ClN8O6+. The number of aryl methyl sites for hydroxylation is 2. The van der Waals surface area contributed by atoms with E-state index in [9.17, 15) is 19.8 Å². The van der Waals surface area contributed by atoms with Crippen LogP contribution in [-0.2, 0) is 35.7 Å². The zero-order valence-corrected chi connectivity index (χ0v) is 28.1. The topological polar surface area (TPSA) is 182 Å². The second-order valence-corrected chi connectivity index (χ2v) is 12.3. The van der Waals surface area contributed by atoms with Crippen LogP contribution in [0, 0.1) is 12.8 Å². The van der Waals surface area contributed by atoms with Crippen molar-refractivity contribution in [2.45, 2.75) is 65.9 Å². The zero-order chi connectivity index (χ0) is 34.4. The van der Waals surface area contributed by atoms with E-state index in [1.165, 1.54) is 17.2 Å². The van der Waals surface area contributed by atoms with Crippen molar-refractivity contribution in [1.29, 1.82) is 0 Å². The second kappa shape index (κ2) is 15.6. The molecule has 0 bridgehead atoms. The first-order chi connectivity index (χ1) is 23.0. The van der Waals surface area contributed by atoms with E-state index in [0.717, 1.165) is 36.2 Å². The molecule has 1 aliphatic rings. The molecule has 3 aromatic heterocycles. The van der Waals surface area contributed by atoms with Crippen molar-refractivity contribution in [3.8, 4) is 11.5 Å². The summed E-state index contributed by atoms with van der Waals surface area (Å²) in [6.45, 7) is 8.09. The molecule has 1 aliphatic heterocycles. The van der Waals surface area contributed by atoms with Crippen molar-refractivity contribution >= 4 is 40.3 Å². The first kappa shape index (κ1) is 34.8. The van der Waals surface area contributed by atoms with Gasteiger partial charge in [-0.05, 0) is 57.9 Å². The third-order valence-corrected chi connectivity index (χ3v) is 8.45. The van der Waals surface area contributed by atoms with Crippen LogP contribution < -0.4 is 20.4 Å². The minimum absolute atomic E-state index is 0.0155. The van der Waals surface area contributed by atoms with E-state index in [1.54, 1.807) is 19.9 Å². The number of pyridine rings is 1. The number of aromatic hydroxyl groups is 1. The molecule has 0 unspecified atom stereocenters. The minimum Gasteiger partial charge on any atom is -0.506 e. The van der Waals surface area contributed by atoms with Gasteiger partial charge in [-0.25, -0.2) is 19.1 Å². The molecule has 1 atom stereocenters. The predicted molar refractivity (Wildman–Crippen MR) is 177 cm³/mol. The van der Waals surface area contributed by atoms with Crippen LogP contribution >= 0.6 is 11.6 Å². The number of ether oxygens (including phenoxy) is 2. The number of rotatable bonds is 13. The summed E-state index contributed by atoms with van der Waals surface area (Å²) in [5.41, 5.74) is 8.72. The summed E-state index contributed by atoms with van der Waals surface area (Å²) in [4.78, 5) is 40.2. The number of fused-ring (bicyclic) bond motifs is 1. The van der Waals surface area contributed by atoms with Crippen molar-refractivity contribution in [2.75, 3.05) is 32.1 Å². The van der Waals surface area contributed by atoms with Gasteiger partial charge in [0.1, 0.15) is 28.9 Å². The molecule has 1 aromatic carbocycles. The lowest BCUT2D eigenvalue weighted by atomic mass is 10.0. The van der Waals surface area contributed by atoms with E-state index in [-0.39, 0.29) is 54.6 Å². The number of aromatic nitrogens is 5. The Kier molecular flexibility index (Phi) is 11.3. The van der Waals surface area contributed by atoms with E-state index >= 15 is 0 Å². The van der Waals surface area contributed by atoms with Crippen LogP contribution in [0.2, 0.25) is 5.15 Å². The Balaban J connectivity index is 1.40. The van der Waals surface area contributed by atoms with Gasteiger partial charge in [-0.3, -0.25) is 14.6 Å². The van der Waals surface area contributed by atoms with Crippen LogP contribution in [-0.4, -0.2) is 78.9 Å². The molecule has 5 rings (SSSR count). The summed E-state index contributed by atoms with van der Waals surface area (Å²) in [7, 11) is 0. The first-order valence-corrected chi connectivity index (χ1v) is 16.3. The first-order valence-electron chi connectivity index (χ1n) is 16.0. The van der Waals surface area contributed by atoms with Crippen LogP contribution in [0.1, 0.15) is 54.4 Å². The predicted octanol–water partition coefficient (Wildman–Crippen LogP) is 2.53. The fourth-order valence-corrected chi connectivity index (χ4v) is 6.03. The maximum absolute atomic E-state index is 13.3.